The van der Waals surface area contributed by atoms with Gasteiger partial charge >= 0.3 is 0 Å². The van der Waals surface area contributed by atoms with Gasteiger partial charge in [-0.15, -0.1) is 0 Å². The Labute approximate surface area is 114 Å². The van der Waals surface area contributed by atoms with Crippen molar-refractivity contribution in [2.24, 2.45) is 10.2 Å². The SMILES string of the molecule is Cc1cccc(N=Nc2ccc(N(C)C)cc2)c1C. The zero-order chi connectivity index (χ0) is 13.8. The van der Waals surface area contributed by atoms with E-state index in [1.165, 1.54) is 11.1 Å². The summed E-state index contributed by atoms with van der Waals surface area (Å²) in [5.74, 6) is 0. The molecule has 98 valence electrons. The summed E-state index contributed by atoms with van der Waals surface area (Å²) in [6.45, 7) is 4.15. The molecule has 0 fully saturated rings. The highest BCUT2D eigenvalue weighted by molar-refractivity contribution is 5.53. The number of anilines is 1. The van der Waals surface area contributed by atoms with Crippen molar-refractivity contribution in [1.82, 2.24) is 0 Å². The van der Waals surface area contributed by atoms with Crippen LogP contribution in [0.4, 0.5) is 17.1 Å². The maximum Gasteiger partial charge on any atom is 0.0888 e. The molecule has 0 aliphatic carbocycles. The molecule has 0 atom stereocenters. The number of hydrogen-bond donors (Lipinski definition) is 0. The molecule has 0 N–H and O–H groups in total. The molecular formula is C16H19N3. The lowest BCUT2D eigenvalue weighted by Gasteiger charge is -2.11. The molecule has 3 heteroatoms. The van der Waals surface area contributed by atoms with Crippen molar-refractivity contribution in [2.75, 3.05) is 19.0 Å². The summed E-state index contributed by atoms with van der Waals surface area (Å²) in [4.78, 5) is 2.06. The van der Waals surface area contributed by atoms with E-state index in [0.29, 0.717) is 0 Å². The van der Waals surface area contributed by atoms with Crippen LogP contribution >= 0.6 is 0 Å². The van der Waals surface area contributed by atoms with E-state index in [9.17, 15) is 0 Å². The van der Waals surface area contributed by atoms with E-state index in [2.05, 4.69) is 35.0 Å². The first-order chi connectivity index (χ1) is 9.08. The summed E-state index contributed by atoms with van der Waals surface area (Å²) in [5.41, 5.74) is 5.37. The van der Waals surface area contributed by atoms with Gasteiger partial charge in [0.25, 0.3) is 0 Å². The molecule has 0 aromatic heterocycles. The van der Waals surface area contributed by atoms with Crippen LogP contribution in [0.15, 0.2) is 52.7 Å². The lowest BCUT2D eigenvalue weighted by Crippen LogP contribution is -2.07. The van der Waals surface area contributed by atoms with E-state index in [0.717, 1.165) is 17.1 Å². The average molecular weight is 253 g/mol. The maximum atomic E-state index is 4.32. The molecule has 0 bridgehead atoms. The topological polar surface area (TPSA) is 28.0 Å². The standard InChI is InChI=1S/C16H19N3/c1-12-6-5-7-16(13(12)2)18-17-14-8-10-15(11-9-14)19(3)4/h5-11H,1-4H3. The van der Waals surface area contributed by atoms with Crippen molar-refractivity contribution in [2.45, 2.75) is 13.8 Å². The molecule has 0 saturated carbocycles. The Morgan fingerprint density at radius 3 is 2.16 bits per heavy atom. The highest BCUT2D eigenvalue weighted by Crippen LogP contribution is 2.25. The third-order valence-corrected chi connectivity index (χ3v) is 3.22. The van der Waals surface area contributed by atoms with Gasteiger partial charge in [-0.3, -0.25) is 0 Å². The van der Waals surface area contributed by atoms with Crippen LogP contribution in [-0.4, -0.2) is 14.1 Å². The van der Waals surface area contributed by atoms with Crippen LogP contribution in [0.3, 0.4) is 0 Å². The van der Waals surface area contributed by atoms with Crippen LogP contribution in [0.2, 0.25) is 0 Å². The van der Waals surface area contributed by atoms with Crippen molar-refractivity contribution in [1.29, 1.82) is 0 Å². The smallest absolute Gasteiger partial charge is 0.0888 e. The normalized spacial score (nSPS) is 10.9. The van der Waals surface area contributed by atoms with Crippen molar-refractivity contribution in [3.8, 4) is 0 Å². The molecular weight excluding hydrogens is 234 g/mol. The van der Waals surface area contributed by atoms with Crippen molar-refractivity contribution < 1.29 is 0 Å². The van der Waals surface area contributed by atoms with Gasteiger partial charge in [-0.1, -0.05) is 12.1 Å². The minimum absolute atomic E-state index is 0.867. The summed E-state index contributed by atoms with van der Waals surface area (Å²) in [5, 5.41) is 8.61. The molecule has 0 aliphatic rings. The molecule has 19 heavy (non-hydrogen) atoms. The summed E-state index contributed by atoms with van der Waals surface area (Å²) >= 11 is 0. The van der Waals surface area contributed by atoms with Crippen molar-refractivity contribution >= 4 is 17.1 Å². The van der Waals surface area contributed by atoms with E-state index in [1.807, 2.05) is 50.5 Å². The molecule has 0 aliphatic heterocycles. The Hall–Kier alpha value is -2.16. The monoisotopic (exact) mass is 253 g/mol. The van der Waals surface area contributed by atoms with Crippen LogP contribution in [-0.2, 0) is 0 Å². The highest BCUT2D eigenvalue weighted by atomic mass is 15.1. The van der Waals surface area contributed by atoms with Crippen molar-refractivity contribution in [3.63, 3.8) is 0 Å². The number of nitrogens with zero attached hydrogens (tertiary/aromatic N) is 3. The summed E-state index contributed by atoms with van der Waals surface area (Å²) in [7, 11) is 4.04. The van der Waals surface area contributed by atoms with Gasteiger partial charge < -0.3 is 4.90 Å². The number of rotatable bonds is 3. The Morgan fingerprint density at radius 2 is 1.53 bits per heavy atom. The summed E-state index contributed by atoms with van der Waals surface area (Å²) in [6.07, 6.45) is 0. The molecule has 3 nitrogen and oxygen atoms in total. The van der Waals surface area contributed by atoms with Gasteiger partial charge in [0.1, 0.15) is 0 Å². The van der Waals surface area contributed by atoms with Gasteiger partial charge in [0.2, 0.25) is 0 Å². The quantitative estimate of drug-likeness (QED) is 0.723. The maximum absolute atomic E-state index is 4.32. The van der Waals surface area contributed by atoms with Gasteiger partial charge in [0, 0.05) is 19.8 Å². The van der Waals surface area contributed by atoms with E-state index in [4.69, 9.17) is 0 Å². The summed E-state index contributed by atoms with van der Waals surface area (Å²) < 4.78 is 0. The number of azo groups is 1. The lowest BCUT2D eigenvalue weighted by molar-refractivity contribution is 1.13. The van der Waals surface area contributed by atoms with Gasteiger partial charge in [-0.2, -0.15) is 10.2 Å². The van der Waals surface area contributed by atoms with Gasteiger partial charge in [-0.05, 0) is 55.3 Å². The molecule has 0 heterocycles. The van der Waals surface area contributed by atoms with E-state index in [-0.39, 0.29) is 0 Å². The largest absolute Gasteiger partial charge is 0.378 e. The van der Waals surface area contributed by atoms with Crippen LogP contribution in [0.25, 0.3) is 0 Å². The molecule has 0 amide bonds. The Bertz CT molecular complexity index is 583. The molecule has 0 saturated heterocycles. The Kier molecular flexibility index (Phi) is 3.95. The van der Waals surface area contributed by atoms with E-state index >= 15 is 0 Å². The third-order valence-electron chi connectivity index (χ3n) is 3.22. The minimum atomic E-state index is 0.867. The summed E-state index contributed by atoms with van der Waals surface area (Å²) in [6, 6.07) is 14.1. The number of aryl methyl sites for hydroxylation is 1. The fraction of sp³-hybridized carbons (Fsp3) is 0.250. The van der Waals surface area contributed by atoms with Gasteiger partial charge in [-0.25, -0.2) is 0 Å². The second-order valence-electron chi connectivity index (χ2n) is 4.83. The Morgan fingerprint density at radius 1 is 0.842 bits per heavy atom. The first kappa shape index (κ1) is 13.3. The molecule has 0 radical (unpaired) electrons. The number of hydrogen-bond acceptors (Lipinski definition) is 3. The molecule has 0 spiro atoms. The highest BCUT2D eigenvalue weighted by Gasteiger charge is 1.99. The second-order valence-corrected chi connectivity index (χ2v) is 4.83. The van der Waals surface area contributed by atoms with Crippen molar-refractivity contribution in [3.05, 3.63) is 53.6 Å². The third kappa shape index (κ3) is 3.19. The number of benzene rings is 2. The van der Waals surface area contributed by atoms with Crippen LogP contribution in [0, 0.1) is 13.8 Å². The predicted octanol–water partition coefficient (Wildman–Crippen LogP) is 4.78. The first-order valence-corrected chi connectivity index (χ1v) is 6.33. The van der Waals surface area contributed by atoms with Gasteiger partial charge in [0.05, 0.1) is 11.4 Å². The zero-order valence-corrected chi connectivity index (χ0v) is 11.9. The van der Waals surface area contributed by atoms with Crippen LogP contribution < -0.4 is 4.90 Å². The fourth-order valence-corrected chi connectivity index (χ4v) is 1.77. The molecule has 2 rings (SSSR count). The van der Waals surface area contributed by atoms with E-state index < -0.39 is 0 Å². The average Bonchev–Trinajstić information content (AvgIpc) is 2.41. The van der Waals surface area contributed by atoms with Crippen LogP contribution in [0.1, 0.15) is 11.1 Å². The fourth-order valence-electron chi connectivity index (χ4n) is 1.77. The minimum Gasteiger partial charge on any atom is -0.378 e. The molecule has 0 unspecified atom stereocenters. The Balaban J connectivity index is 2.20. The van der Waals surface area contributed by atoms with Crippen LogP contribution in [0.5, 0.6) is 0 Å². The predicted molar refractivity (Wildman–Crippen MR) is 80.9 cm³/mol. The lowest BCUT2D eigenvalue weighted by atomic mass is 10.1. The first-order valence-electron chi connectivity index (χ1n) is 6.33. The zero-order valence-electron chi connectivity index (χ0n) is 11.9. The van der Waals surface area contributed by atoms with Gasteiger partial charge in [0.15, 0.2) is 0 Å². The van der Waals surface area contributed by atoms with E-state index in [1.54, 1.807) is 0 Å². The second kappa shape index (κ2) is 5.65. The molecule has 2 aromatic rings. The molecule has 2 aromatic carbocycles.